The number of hydrogen-bond acceptors (Lipinski definition) is 4. The van der Waals surface area contributed by atoms with Gasteiger partial charge in [0, 0.05) is 30.2 Å². The Morgan fingerprint density at radius 1 is 1.38 bits per heavy atom. The van der Waals surface area contributed by atoms with Crippen molar-refractivity contribution in [3.63, 3.8) is 0 Å². The maximum Gasteiger partial charge on any atom is 0.308 e. The third kappa shape index (κ3) is 4.68. The van der Waals surface area contributed by atoms with E-state index in [1.54, 1.807) is 29.0 Å². The summed E-state index contributed by atoms with van der Waals surface area (Å²) in [5, 5.41) is 0.355. The first-order chi connectivity index (χ1) is 11.4. The van der Waals surface area contributed by atoms with Crippen molar-refractivity contribution in [1.82, 2.24) is 9.80 Å². The summed E-state index contributed by atoms with van der Waals surface area (Å²) in [6.45, 7) is 1.50. The van der Waals surface area contributed by atoms with Gasteiger partial charge in [-0.1, -0.05) is 17.7 Å². The highest BCUT2D eigenvalue weighted by molar-refractivity contribution is 6.31. The van der Waals surface area contributed by atoms with Crippen molar-refractivity contribution < 1.29 is 18.7 Å². The lowest BCUT2D eigenvalue weighted by Gasteiger charge is -2.32. The van der Waals surface area contributed by atoms with Gasteiger partial charge >= 0.3 is 5.97 Å². The number of halogens is 2. The van der Waals surface area contributed by atoms with Crippen LogP contribution in [0.4, 0.5) is 4.39 Å². The fourth-order valence-corrected chi connectivity index (χ4v) is 3.09. The highest BCUT2D eigenvalue weighted by Crippen LogP contribution is 2.21. The monoisotopic (exact) mass is 356 g/mol. The fourth-order valence-electron chi connectivity index (χ4n) is 2.87. The van der Waals surface area contributed by atoms with E-state index in [1.807, 2.05) is 0 Å². The lowest BCUT2D eigenvalue weighted by molar-refractivity contribution is -0.149. The molecule has 0 aliphatic carbocycles. The van der Waals surface area contributed by atoms with E-state index < -0.39 is 0 Å². The first-order valence-corrected chi connectivity index (χ1v) is 8.27. The molecule has 24 heavy (non-hydrogen) atoms. The van der Waals surface area contributed by atoms with Gasteiger partial charge in [-0.05, 0) is 32.0 Å². The van der Waals surface area contributed by atoms with E-state index in [1.165, 1.54) is 13.2 Å². The number of carbonyl (C=O) groups is 2. The molecule has 1 heterocycles. The minimum absolute atomic E-state index is 0.0340. The molecule has 2 rings (SSSR count). The molecule has 1 aliphatic heterocycles. The van der Waals surface area contributed by atoms with Crippen LogP contribution in [0.2, 0.25) is 5.02 Å². The zero-order chi connectivity index (χ0) is 17.7. The van der Waals surface area contributed by atoms with Crippen LogP contribution in [0, 0.1) is 11.7 Å². The molecule has 1 fully saturated rings. The molecule has 0 bridgehead atoms. The van der Waals surface area contributed by atoms with Crippen LogP contribution >= 0.6 is 11.6 Å². The molecule has 7 heteroatoms. The highest BCUT2D eigenvalue weighted by atomic mass is 35.5. The zero-order valence-corrected chi connectivity index (χ0v) is 14.7. The maximum atomic E-state index is 13.8. The summed E-state index contributed by atoms with van der Waals surface area (Å²) in [5.41, 5.74) is 0.388. The molecule has 1 aromatic rings. The van der Waals surface area contributed by atoms with Gasteiger partial charge in [0.2, 0.25) is 5.91 Å². The second kappa shape index (κ2) is 8.44. The van der Waals surface area contributed by atoms with Gasteiger partial charge in [0.05, 0.1) is 19.6 Å². The van der Waals surface area contributed by atoms with Crippen LogP contribution in [0.1, 0.15) is 18.4 Å². The van der Waals surface area contributed by atoms with Crippen LogP contribution in [0.15, 0.2) is 18.2 Å². The third-order valence-electron chi connectivity index (χ3n) is 4.28. The van der Waals surface area contributed by atoms with E-state index in [-0.39, 0.29) is 36.7 Å². The average molecular weight is 357 g/mol. The standard InChI is InChI=1S/C17H22ClFN2O3/c1-20(10-13-14(18)4-3-5-15(13)19)11-16(22)21-8-6-12(7-9-21)17(23)24-2/h3-5,12H,6-11H2,1-2H3. The molecule has 0 saturated carbocycles. The van der Waals surface area contributed by atoms with Gasteiger partial charge in [-0.15, -0.1) is 0 Å². The SMILES string of the molecule is COC(=O)C1CCN(C(=O)CN(C)Cc2c(F)cccc2Cl)CC1. The number of benzene rings is 1. The first kappa shape index (κ1) is 18.7. The highest BCUT2D eigenvalue weighted by Gasteiger charge is 2.28. The van der Waals surface area contributed by atoms with Gasteiger partial charge in [0.1, 0.15) is 5.82 Å². The minimum atomic E-state index is -0.374. The van der Waals surface area contributed by atoms with Crippen molar-refractivity contribution in [3.8, 4) is 0 Å². The molecule has 0 N–H and O–H groups in total. The van der Waals surface area contributed by atoms with Gasteiger partial charge in [-0.25, -0.2) is 4.39 Å². The predicted octanol–water partition coefficient (Wildman–Crippen LogP) is 2.32. The van der Waals surface area contributed by atoms with Crippen molar-refractivity contribution in [2.45, 2.75) is 19.4 Å². The number of likely N-dealkylation sites (tertiary alicyclic amines) is 1. The number of amides is 1. The van der Waals surface area contributed by atoms with Crippen LogP contribution in [0.3, 0.4) is 0 Å². The van der Waals surface area contributed by atoms with E-state index >= 15 is 0 Å². The number of rotatable bonds is 5. The van der Waals surface area contributed by atoms with Crippen molar-refractivity contribution in [3.05, 3.63) is 34.6 Å². The summed E-state index contributed by atoms with van der Waals surface area (Å²) in [4.78, 5) is 27.3. The Balaban J connectivity index is 1.85. The lowest BCUT2D eigenvalue weighted by atomic mass is 9.97. The van der Waals surface area contributed by atoms with Gasteiger partial charge in [-0.3, -0.25) is 14.5 Å². The van der Waals surface area contributed by atoms with Crippen LogP contribution in [0.5, 0.6) is 0 Å². The van der Waals surface area contributed by atoms with E-state index in [0.29, 0.717) is 36.5 Å². The van der Waals surface area contributed by atoms with E-state index in [0.717, 1.165) is 0 Å². The number of methoxy groups -OCH3 is 1. The summed E-state index contributed by atoms with van der Waals surface area (Å²) >= 11 is 6.01. The molecular formula is C17H22ClFN2O3. The van der Waals surface area contributed by atoms with E-state index in [2.05, 4.69) is 0 Å². The Kier molecular flexibility index (Phi) is 6.57. The van der Waals surface area contributed by atoms with Crippen LogP contribution < -0.4 is 0 Å². The second-order valence-corrected chi connectivity index (χ2v) is 6.46. The number of likely N-dealkylation sites (N-methyl/N-ethyl adjacent to an activating group) is 1. The largest absolute Gasteiger partial charge is 0.469 e. The molecule has 5 nitrogen and oxygen atoms in total. The van der Waals surface area contributed by atoms with Crippen LogP contribution in [0.25, 0.3) is 0 Å². The molecule has 0 aromatic heterocycles. The van der Waals surface area contributed by atoms with Gasteiger partial charge in [0.15, 0.2) is 0 Å². The van der Waals surface area contributed by atoms with Crippen LogP contribution in [-0.2, 0) is 20.9 Å². The molecule has 1 aliphatic rings. The zero-order valence-electron chi connectivity index (χ0n) is 13.9. The Labute approximate surface area is 146 Å². The Morgan fingerprint density at radius 2 is 2.04 bits per heavy atom. The molecule has 132 valence electrons. The summed E-state index contributed by atoms with van der Waals surface area (Å²) in [6.07, 6.45) is 1.22. The number of ether oxygens (including phenoxy) is 1. The van der Waals surface area contributed by atoms with Crippen LogP contribution in [-0.4, -0.2) is 55.5 Å². The van der Waals surface area contributed by atoms with Crippen molar-refractivity contribution in [1.29, 1.82) is 0 Å². The molecule has 0 atom stereocenters. The number of nitrogens with zero attached hydrogens (tertiary/aromatic N) is 2. The van der Waals surface area contributed by atoms with Gasteiger partial charge < -0.3 is 9.64 Å². The molecule has 0 spiro atoms. The van der Waals surface area contributed by atoms with Crippen molar-refractivity contribution in [2.24, 2.45) is 5.92 Å². The summed E-state index contributed by atoms with van der Waals surface area (Å²) in [7, 11) is 3.13. The normalized spacial score (nSPS) is 15.6. The van der Waals surface area contributed by atoms with E-state index in [4.69, 9.17) is 16.3 Å². The fraction of sp³-hybridized carbons (Fsp3) is 0.529. The van der Waals surface area contributed by atoms with Crippen molar-refractivity contribution >= 4 is 23.5 Å². The molecule has 0 unspecified atom stereocenters. The Bertz CT molecular complexity index is 583. The average Bonchev–Trinajstić information content (AvgIpc) is 2.57. The van der Waals surface area contributed by atoms with Gasteiger partial charge in [-0.2, -0.15) is 0 Å². The van der Waals surface area contributed by atoms with Crippen molar-refractivity contribution in [2.75, 3.05) is 33.8 Å². The second-order valence-electron chi connectivity index (χ2n) is 6.05. The number of carbonyl (C=O) groups excluding carboxylic acids is 2. The number of esters is 1. The Morgan fingerprint density at radius 3 is 2.62 bits per heavy atom. The first-order valence-electron chi connectivity index (χ1n) is 7.89. The molecule has 1 amide bonds. The molecular weight excluding hydrogens is 335 g/mol. The third-order valence-corrected chi connectivity index (χ3v) is 4.63. The maximum absolute atomic E-state index is 13.8. The summed E-state index contributed by atoms with van der Waals surface area (Å²) < 4.78 is 18.5. The number of hydrogen-bond donors (Lipinski definition) is 0. The van der Waals surface area contributed by atoms with E-state index in [9.17, 15) is 14.0 Å². The predicted molar refractivity (Wildman–Crippen MR) is 89.1 cm³/mol. The Hall–Kier alpha value is -1.66. The quantitative estimate of drug-likeness (QED) is 0.760. The molecule has 1 aromatic carbocycles. The summed E-state index contributed by atoms with van der Waals surface area (Å²) in [6, 6.07) is 4.54. The smallest absolute Gasteiger partial charge is 0.308 e. The lowest BCUT2D eigenvalue weighted by Crippen LogP contribution is -2.44. The minimum Gasteiger partial charge on any atom is -0.469 e. The number of piperidine rings is 1. The molecule has 0 radical (unpaired) electrons. The van der Waals surface area contributed by atoms with Gasteiger partial charge in [0.25, 0.3) is 0 Å². The topological polar surface area (TPSA) is 49.9 Å². The summed E-state index contributed by atoms with van der Waals surface area (Å²) in [5.74, 6) is -0.753. The molecule has 1 saturated heterocycles.